The molecule has 0 bridgehead atoms. The molecular formula is C24H27N3O4. The summed E-state index contributed by atoms with van der Waals surface area (Å²) in [6.45, 7) is 6.87. The van der Waals surface area contributed by atoms with Crippen LogP contribution in [-0.2, 0) is 11.8 Å². The highest BCUT2D eigenvalue weighted by Crippen LogP contribution is 2.32. The van der Waals surface area contributed by atoms with Crippen LogP contribution in [0.4, 0.5) is 5.69 Å². The maximum atomic E-state index is 12.3. The molecule has 2 heterocycles. The minimum absolute atomic E-state index is 0.156. The number of aryl methyl sites for hydroxylation is 3. The lowest BCUT2D eigenvalue weighted by Crippen LogP contribution is -2.49. The molecule has 2 aromatic carbocycles. The fourth-order valence-electron chi connectivity index (χ4n) is 4.64. The van der Waals surface area contributed by atoms with Crippen molar-refractivity contribution in [2.24, 2.45) is 7.05 Å². The molecule has 7 heteroatoms. The Morgan fingerprint density at radius 1 is 0.968 bits per heavy atom. The molecule has 0 radical (unpaired) electrons. The topological polar surface area (TPSA) is 86.0 Å². The van der Waals surface area contributed by atoms with Gasteiger partial charge in [-0.25, -0.2) is 4.79 Å². The predicted octanol–water partition coefficient (Wildman–Crippen LogP) is 3.44. The smallest absolute Gasteiger partial charge is 0.335 e. The normalized spacial score (nSPS) is 15.9. The van der Waals surface area contributed by atoms with Crippen molar-refractivity contribution in [1.82, 2.24) is 9.47 Å². The standard InChI is InChI=1S/C24H27N3O4/c1-15-4-6-20(16(2)12-15)26-8-10-27(11-9-26)22(24(30)31)19-14-25(3)21-7-5-17(23(28)29)13-18(19)21/h4-7,12-14,22H,8-11H2,1-3H3,(H,28,29)(H,30,31)/t22-/m0/s1. The van der Waals surface area contributed by atoms with Crippen LogP contribution in [0.1, 0.15) is 33.1 Å². The molecule has 1 aromatic heterocycles. The first-order chi connectivity index (χ1) is 14.8. The van der Waals surface area contributed by atoms with Gasteiger partial charge in [0.25, 0.3) is 0 Å². The minimum Gasteiger partial charge on any atom is -0.480 e. The summed E-state index contributed by atoms with van der Waals surface area (Å²) >= 11 is 0. The highest BCUT2D eigenvalue weighted by molar-refractivity contribution is 5.96. The monoisotopic (exact) mass is 421 g/mol. The van der Waals surface area contributed by atoms with E-state index < -0.39 is 18.0 Å². The number of rotatable bonds is 5. The molecule has 4 rings (SSSR count). The largest absolute Gasteiger partial charge is 0.480 e. The third kappa shape index (κ3) is 3.88. The first kappa shape index (κ1) is 20.9. The van der Waals surface area contributed by atoms with Crippen LogP contribution in [0.5, 0.6) is 0 Å². The second kappa shape index (κ2) is 8.07. The molecule has 0 amide bonds. The highest BCUT2D eigenvalue weighted by atomic mass is 16.4. The van der Waals surface area contributed by atoms with E-state index in [1.807, 2.05) is 22.7 Å². The van der Waals surface area contributed by atoms with E-state index in [0.29, 0.717) is 24.0 Å². The first-order valence-electron chi connectivity index (χ1n) is 10.4. The van der Waals surface area contributed by atoms with E-state index in [1.54, 1.807) is 18.2 Å². The van der Waals surface area contributed by atoms with Crippen LogP contribution in [0.25, 0.3) is 10.9 Å². The lowest BCUT2D eigenvalue weighted by Gasteiger charge is -2.39. The Morgan fingerprint density at radius 2 is 1.68 bits per heavy atom. The van der Waals surface area contributed by atoms with Gasteiger partial charge < -0.3 is 19.7 Å². The van der Waals surface area contributed by atoms with Gasteiger partial charge in [-0.1, -0.05) is 17.7 Å². The van der Waals surface area contributed by atoms with E-state index in [1.165, 1.54) is 16.8 Å². The molecule has 1 fully saturated rings. The number of fused-ring (bicyclic) bond motifs is 1. The number of hydrogen-bond acceptors (Lipinski definition) is 4. The van der Waals surface area contributed by atoms with E-state index in [2.05, 4.69) is 36.9 Å². The van der Waals surface area contributed by atoms with Crippen LogP contribution >= 0.6 is 0 Å². The molecule has 7 nitrogen and oxygen atoms in total. The van der Waals surface area contributed by atoms with Crippen molar-refractivity contribution in [3.63, 3.8) is 0 Å². The molecular weight excluding hydrogens is 394 g/mol. The zero-order chi connectivity index (χ0) is 22.3. The number of aromatic carboxylic acids is 1. The number of hydrogen-bond donors (Lipinski definition) is 2. The fraction of sp³-hybridized carbons (Fsp3) is 0.333. The molecule has 0 unspecified atom stereocenters. The van der Waals surface area contributed by atoms with E-state index in [4.69, 9.17) is 0 Å². The summed E-state index contributed by atoms with van der Waals surface area (Å²) in [6, 6.07) is 10.4. The van der Waals surface area contributed by atoms with Crippen molar-refractivity contribution in [3.05, 3.63) is 64.8 Å². The molecule has 0 aliphatic carbocycles. The van der Waals surface area contributed by atoms with Crippen LogP contribution in [0.15, 0.2) is 42.6 Å². The number of carbonyl (C=O) groups is 2. The Hall–Kier alpha value is -3.32. The van der Waals surface area contributed by atoms with Crippen molar-refractivity contribution >= 4 is 28.5 Å². The van der Waals surface area contributed by atoms with E-state index >= 15 is 0 Å². The molecule has 2 N–H and O–H groups in total. The molecule has 162 valence electrons. The van der Waals surface area contributed by atoms with Gasteiger partial charge >= 0.3 is 11.9 Å². The molecule has 0 spiro atoms. The summed E-state index contributed by atoms with van der Waals surface area (Å²) in [5, 5.41) is 20.2. The lowest BCUT2D eigenvalue weighted by molar-refractivity contribution is -0.143. The molecule has 3 aromatic rings. The Morgan fingerprint density at radius 3 is 2.29 bits per heavy atom. The van der Waals surface area contributed by atoms with Crippen molar-refractivity contribution in [2.75, 3.05) is 31.1 Å². The Bertz CT molecular complexity index is 1160. The average molecular weight is 421 g/mol. The maximum Gasteiger partial charge on any atom is 0.335 e. The summed E-state index contributed by atoms with van der Waals surface area (Å²) in [7, 11) is 1.85. The van der Waals surface area contributed by atoms with Crippen LogP contribution in [0, 0.1) is 13.8 Å². The molecule has 31 heavy (non-hydrogen) atoms. The number of nitrogens with zero attached hydrogens (tertiary/aromatic N) is 3. The Kier molecular flexibility index (Phi) is 5.45. The van der Waals surface area contributed by atoms with Gasteiger partial charge in [0.1, 0.15) is 6.04 Å². The van der Waals surface area contributed by atoms with Crippen molar-refractivity contribution in [1.29, 1.82) is 0 Å². The zero-order valence-electron chi connectivity index (χ0n) is 18.0. The molecule has 1 saturated heterocycles. The number of piperazine rings is 1. The van der Waals surface area contributed by atoms with E-state index in [0.717, 1.165) is 18.6 Å². The van der Waals surface area contributed by atoms with Crippen molar-refractivity contribution < 1.29 is 19.8 Å². The summed E-state index contributed by atoms with van der Waals surface area (Å²) in [5.41, 5.74) is 5.24. The quantitative estimate of drug-likeness (QED) is 0.656. The van der Waals surface area contributed by atoms with Gasteiger partial charge in [0.05, 0.1) is 5.56 Å². The van der Waals surface area contributed by atoms with Crippen LogP contribution in [0.2, 0.25) is 0 Å². The van der Waals surface area contributed by atoms with Gasteiger partial charge in [-0.15, -0.1) is 0 Å². The Balaban J connectivity index is 1.63. The van der Waals surface area contributed by atoms with Gasteiger partial charge in [-0.3, -0.25) is 9.69 Å². The average Bonchev–Trinajstić information content (AvgIpc) is 3.04. The van der Waals surface area contributed by atoms with Gasteiger partial charge in [0.15, 0.2) is 0 Å². The van der Waals surface area contributed by atoms with Gasteiger partial charge in [-0.05, 0) is 43.7 Å². The fourth-order valence-corrected chi connectivity index (χ4v) is 4.64. The van der Waals surface area contributed by atoms with Gasteiger partial charge in [0.2, 0.25) is 0 Å². The third-order valence-corrected chi connectivity index (χ3v) is 6.17. The van der Waals surface area contributed by atoms with Crippen LogP contribution < -0.4 is 4.90 Å². The number of benzene rings is 2. The maximum absolute atomic E-state index is 12.3. The number of carboxylic acids is 2. The summed E-state index contributed by atoms with van der Waals surface area (Å²) in [4.78, 5) is 28.1. The zero-order valence-corrected chi connectivity index (χ0v) is 18.0. The number of aromatic nitrogens is 1. The third-order valence-electron chi connectivity index (χ3n) is 6.17. The molecule has 1 aliphatic rings. The van der Waals surface area contributed by atoms with Crippen LogP contribution in [-0.4, -0.2) is 57.8 Å². The molecule has 0 saturated carbocycles. The van der Waals surface area contributed by atoms with Crippen molar-refractivity contribution in [3.8, 4) is 0 Å². The van der Waals surface area contributed by atoms with E-state index in [9.17, 15) is 19.8 Å². The summed E-state index contributed by atoms with van der Waals surface area (Å²) in [6.07, 6.45) is 1.81. The molecule has 1 atom stereocenters. The number of aliphatic carboxylic acids is 1. The summed E-state index contributed by atoms with van der Waals surface area (Å²) in [5.74, 6) is -1.95. The molecule has 1 aliphatic heterocycles. The SMILES string of the molecule is Cc1ccc(N2CCN([C@H](C(=O)O)c3cn(C)c4ccc(C(=O)O)cc34)CC2)c(C)c1. The van der Waals surface area contributed by atoms with E-state index in [-0.39, 0.29) is 5.56 Å². The predicted molar refractivity (Wildman–Crippen MR) is 120 cm³/mol. The number of carboxylic acid groups (broad SMARTS) is 2. The first-order valence-corrected chi connectivity index (χ1v) is 10.4. The lowest BCUT2D eigenvalue weighted by atomic mass is 10.0. The highest BCUT2D eigenvalue weighted by Gasteiger charge is 2.33. The number of anilines is 1. The second-order valence-electron chi connectivity index (χ2n) is 8.29. The van der Waals surface area contributed by atoms with Gasteiger partial charge in [0, 0.05) is 61.6 Å². The minimum atomic E-state index is -1.02. The summed E-state index contributed by atoms with van der Waals surface area (Å²) < 4.78 is 1.86. The second-order valence-corrected chi connectivity index (χ2v) is 8.29. The van der Waals surface area contributed by atoms with Gasteiger partial charge in [-0.2, -0.15) is 0 Å². The van der Waals surface area contributed by atoms with Crippen molar-refractivity contribution in [2.45, 2.75) is 19.9 Å². The Labute approximate surface area is 181 Å². The van der Waals surface area contributed by atoms with Crippen LogP contribution in [0.3, 0.4) is 0 Å².